The van der Waals surface area contributed by atoms with E-state index in [1.807, 2.05) is 24.3 Å². The Hall–Kier alpha value is -3.69. The van der Waals surface area contributed by atoms with Gasteiger partial charge in [-0.15, -0.1) is 0 Å². The predicted octanol–water partition coefficient (Wildman–Crippen LogP) is 1.75. The summed E-state index contributed by atoms with van der Waals surface area (Å²) in [7, 11) is 0. The zero-order chi connectivity index (χ0) is 28.6. The third kappa shape index (κ3) is 3.86. The van der Waals surface area contributed by atoms with E-state index in [1.54, 1.807) is 6.07 Å². The number of nitrogens with two attached hydrogens (primary N) is 2. The maximum Gasteiger partial charge on any atom is 0.235 e. The van der Waals surface area contributed by atoms with Gasteiger partial charge in [-0.25, -0.2) is 0 Å². The van der Waals surface area contributed by atoms with E-state index >= 15 is 0 Å². The quantitative estimate of drug-likeness (QED) is 0.432. The van der Waals surface area contributed by atoms with Gasteiger partial charge in [-0.2, -0.15) is 0 Å². The maximum atomic E-state index is 13.9. The second-order valence-electron chi connectivity index (χ2n) is 12.1. The van der Waals surface area contributed by atoms with Gasteiger partial charge in [0.05, 0.1) is 11.5 Å². The predicted molar refractivity (Wildman–Crippen MR) is 141 cm³/mol. The van der Waals surface area contributed by atoms with Crippen LogP contribution < -0.4 is 11.5 Å². The van der Waals surface area contributed by atoms with Crippen molar-refractivity contribution in [1.82, 2.24) is 0 Å². The highest BCUT2D eigenvalue weighted by Crippen LogP contribution is 2.51. The fourth-order valence-electron chi connectivity index (χ4n) is 6.65. The lowest BCUT2D eigenvalue weighted by molar-refractivity contribution is -0.175. The van der Waals surface area contributed by atoms with E-state index in [-0.39, 0.29) is 42.5 Å². The minimum atomic E-state index is -2.67. The molecule has 2 aromatic carbocycles. The van der Waals surface area contributed by atoms with Crippen LogP contribution in [0.3, 0.4) is 0 Å². The first kappa shape index (κ1) is 26.9. The van der Waals surface area contributed by atoms with Gasteiger partial charge in [-0.05, 0) is 52.5 Å². The summed E-state index contributed by atoms with van der Waals surface area (Å²) < 4.78 is 0. The standard InChI is InChI=1S/C30H32N2O7/c1-29(2,3)16-6-4-13(5-7-16)18-10-15(12-31)24(34)22-19(18)9-14-8-17-11-20(33)23(28(32)38)27(37)30(17,39)26(36)21(14)25(22)35/h4-7,10,14,17,21,23,34,39H,8-9,11-12,31H2,1-3H3,(H2,32,38)/t14-,17+,21?,23?,30+/m1/s1. The number of amides is 1. The summed E-state index contributed by atoms with van der Waals surface area (Å²) in [6.07, 6.45) is -0.117. The SMILES string of the molecule is CC(C)(C)c1ccc(-c2cc(CN)c(O)c3c2C[C@H]2C[C@H]4CC(=O)C(C(N)=O)C(=O)[C@@]4(O)C(=O)C2C3=O)cc1. The topological polar surface area (TPSA) is 178 Å². The molecule has 6 N–H and O–H groups in total. The molecule has 2 fully saturated rings. The van der Waals surface area contributed by atoms with Crippen molar-refractivity contribution < 1.29 is 34.2 Å². The van der Waals surface area contributed by atoms with Gasteiger partial charge < -0.3 is 21.7 Å². The Balaban J connectivity index is 1.63. The number of benzene rings is 2. The van der Waals surface area contributed by atoms with Crippen molar-refractivity contribution in [2.24, 2.45) is 35.1 Å². The molecule has 3 aliphatic carbocycles. The van der Waals surface area contributed by atoms with Crippen LogP contribution in [0.1, 0.15) is 60.7 Å². The average molecular weight is 533 g/mol. The minimum Gasteiger partial charge on any atom is -0.507 e. The summed E-state index contributed by atoms with van der Waals surface area (Å²) in [4.78, 5) is 65.1. The Kier molecular flexibility index (Phi) is 6.16. The molecule has 1 amide bonds. The third-order valence-electron chi connectivity index (χ3n) is 8.76. The third-order valence-corrected chi connectivity index (χ3v) is 8.76. The minimum absolute atomic E-state index is 0.0445. The Morgan fingerprint density at radius 2 is 1.69 bits per heavy atom. The number of hydrogen-bond donors (Lipinski definition) is 4. The smallest absolute Gasteiger partial charge is 0.235 e. The van der Waals surface area contributed by atoms with Crippen LogP contribution in [0.25, 0.3) is 11.1 Å². The fraction of sp³-hybridized carbons (Fsp3) is 0.433. The van der Waals surface area contributed by atoms with E-state index in [1.165, 1.54) is 0 Å². The molecule has 0 aliphatic heterocycles. The van der Waals surface area contributed by atoms with Gasteiger partial charge in [-0.3, -0.25) is 24.0 Å². The molecular formula is C30H32N2O7. The first-order valence-corrected chi connectivity index (χ1v) is 13.1. The normalized spacial score (nSPS) is 28.5. The average Bonchev–Trinajstić information content (AvgIpc) is 2.85. The zero-order valence-electron chi connectivity index (χ0n) is 22.1. The highest BCUT2D eigenvalue weighted by Gasteiger charge is 2.66. The van der Waals surface area contributed by atoms with Crippen molar-refractivity contribution in [3.63, 3.8) is 0 Å². The number of Topliss-reactive ketones (excluding diaryl/α,β-unsaturated/α-hetero) is 4. The van der Waals surface area contributed by atoms with Crippen LogP contribution >= 0.6 is 0 Å². The Morgan fingerprint density at radius 3 is 2.26 bits per heavy atom. The molecule has 0 bridgehead atoms. The molecule has 0 heterocycles. The number of primary amides is 1. The van der Waals surface area contributed by atoms with E-state index in [9.17, 15) is 34.2 Å². The Labute approximate surface area is 225 Å². The first-order chi connectivity index (χ1) is 18.2. The number of aliphatic hydroxyl groups is 1. The summed E-state index contributed by atoms with van der Waals surface area (Å²) in [5, 5.41) is 22.4. The zero-order valence-corrected chi connectivity index (χ0v) is 22.1. The lowest BCUT2D eigenvalue weighted by Crippen LogP contribution is -2.68. The van der Waals surface area contributed by atoms with Gasteiger partial charge in [-0.1, -0.05) is 45.0 Å². The molecule has 0 radical (unpaired) electrons. The number of hydrogen-bond acceptors (Lipinski definition) is 8. The van der Waals surface area contributed by atoms with Crippen molar-refractivity contribution in [2.45, 2.75) is 57.6 Å². The number of carbonyl (C=O) groups is 5. The molecule has 2 aromatic rings. The molecule has 9 heteroatoms. The van der Waals surface area contributed by atoms with Crippen LogP contribution in [0.15, 0.2) is 30.3 Å². The second kappa shape index (κ2) is 8.93. The van der Waals surface area contributed by atoms with E-state index in [0.29, 0.717) is 16.7 Å². The molecule has 0 spiro atoms. The molecule has 9 nitrogen and oxygen atoms in total. The second-order valence-corrected chi connectivity index (χ2v) is 12.1. The van der Waals surface area contributed by atoms with Gasteiger partial charge in [0.2, 0.25) is 5.91 Å². The van der Waals surface area contributed by atoms with Crippen molar-refractivity contribution >= 4 is 29.0 Å². The summed E-state index contributed by atoms with van der Waals surface area (Å²) in [6, 6.07) is 9.64. The molecular weight excluding hydrogens is 500 g/mol. The van der Waals surface area contributed by atoms with Crippen molar-refractivity contribution in [2.75, 3.05) is 0 Å². The van der Waals surface area contributed by atoms with E-state index in [4.69, 9.17) is 11.5 Å². The van der Waals surface area contributed by atoms with Crippen molar-refractivity contribution in [1.29, 1.82) is 0 Å². The maximum absolute atomic E-state index is 13.9. The van der Waals surface area contributed by atoms with E-state index in [0.717, 1.165) is 11.1 Å². The van der Waals surface area contributed by atoms with Crippen molar-refractivity contribution in [3.05, 3.63) is 52.6 Å². The molecule has 2 unspecified atom stereocenters. The summed E-state index contributed by atoms with van der Waals surface area (Å²) in [5.41, 5.74) is 11.9. The molecule has 5 atom stereocenters. The number of fused-ring (bicyclic) bond motifs is 3. The largest absolute Gasteiger partial charge is 0.507 e. The summed E-state index contributed by atoms with van der Waals surface area (Å²) in [6.45, 7) is 6.24. The van der Waals surface area contributed by atoms with Crippen LogP contribution in [0.4, 0.5) is 0 Å². The van der Waals surface area contributed by atoms with Crippen LogP contribution in [0, 0.1) is 23.7 Å². The van der Waals surface area contributed by atoms with Gasteiger partial charge in [0, 0.05) is 24.4 Å². The highest BCUT2D eigenvalue weighted by atomic mass is 16.3. The van der Waals surface area contributed by atoms with Crippen molar-refractivity contribution in [3.8, 4) is 16.9 Å². The Morgan fingerprint density at radius 1 is 1.05 bits per heavy atom. The van der Waals surface area contributed by atoms with Crippen LogP contribution in [-0.2, 0) is 37.6 Å². The summed E-state index contributed by atoms with van der Waals surface area (Å²) in [5.74, 6) is -10.3. The molecule has 0 aromatic heterocycles. The van der Waals surface area contributed by atoms with Gasteiger partial charge in [0.25, 0.3) is 0 Å². The van der Waals surface area contributed by atoms with Gasteiger partial charge >= 0.3 is 0 Å². The monoisotopic (exact) mass is 532 g/mol. The van der Waals surface area contributed by atoms with Crippen LogP contribution in [0.5, 0.6) is 5.75 Å². The molecule has 3 aliphatic rings. The van der Waals surface area contributed by atoms with E-state index < -0.39 is 58.3 Å². The number of aromatic hydroxyl groups is 1. The molecule has 2 saturated carbocycles. The van der Waals surface area contributed by atoms with E-state index in [2.05, 4.69) is 20.8 Å². The number of carbonyl (C=O) groups excluding carboxylic acids is 5. The number of rotatable bonds is 3. The van der Waals surface area contributed by atoms with Crippen LogP contribution in [0.2, 0.25) is 0 Å². The lowest BCUT2D eigenvalue weighted by atomic mass is 9.53. The summed E-state index contributed by atoms with van der Waals surface area (Å²) >= 11 is 0. The lowest BCUT2D eigenvalue weighted by Gasteiger charge is -2.48. The van der Waals surface area contributed by atoms with Gasteiger partial charge in [0.1, 0.15) is 5.75 Å². The highest BCUT2D eigenvalue weighted by molar-refractivity contribution is 6.31. The Bertz CT molecular complexity index is 1450. The molecule has 0 saturated heterocycles. The molecule has 39 heavy (non-hydrogen) atoms. The number of phenolic OH excluding ortho intramolecular Hbond substituents is 1. The van der Waals surface area contributed by atoms with Crippen LogP contribution in [-0.4, -0.2) is 44.9 Å². The molecule has 5 rings (SSSR count). The number of phenols is 1. The first-order valence-electron chi connectivity index (χ1n) is 13.1. The van der Waals surface area contributed by atoms with Gasteiger partial charge in [0.15, 0.2) is 34.7 Å². The fourth-order valence-corrected chi connectivity index (χ4v) is 6.65. The number of ketones is 4. The molecule has 204 valence electrons.